The smallest absolute Gasteiger partial charge is 0.262 e. The highest BCUT2D eigenvalue weighted by Gasteiger charge is 2.17. The van der Waals surface area contributed by atoms with E-state index in [0.29, 0.717) is 5.69 Å². The molecule has 0 fully saturated rings. The van der Waals surface area contributed by atoms with Crippen LogP contribution in [0.25, 0.3) is 0 Å². The third-order valence-electron chi connectivity index (χ3n) is 3.72. The van der Waals surface area contributed by atoms with Crippen molar-refractivity contribution in [3.05, 3.63) is 47.7 Å². The SMILES string of the molecule is Cc1ccc(S(=O)(=O)Nc2ccc(NCCCN(C)C)nc2)c(C)c1. The second-order valence-electron chi connectivity index (χ2n) is 6.39. The lowest BCUT2D eigenvalue weighted by Gasteiger charge is -2.12. The van der Waals surface area contributed by atoms with E-state index < -0.39 is 10.0 Å². The lowest BCUT2D eigenvalue weighted by atomic mass is 10.2. The van der Waals surface area contributed by atoms with Crippen molar-refractivity contribution in [2.24, 2.45) is 0 Å². The Morgan fingerprint density at radius 2 is 1.88 bits per heavy atom. The van der Waals surface area contributed by atoms with Crippen molar-refractivity contribution < 1.29 is 8.42 Å². The van der Waals surface area contributed by atoms with Crippen molar-refractivity contribution >= 4 is 21.5 Å². The molecule has 6 nitrogen and oxygen atoms in total. The Morgan fingerprint density at radius 1 is 1.12 bits per heavy atom. The van der Waals surface area contributed by atoms with E-state index >= 15 is 0 Å². The molecule has 0 spiro atoms. The number of nitrogens with one attached hydrogen (secondary N) is 2. The first-order chi connectivity index (χ1) is 11.8. The van der Waals surface area contributed by atoms with Crippen molar-refractivity contribution in [1.29, 1.82) is 0 Å². The number of rotatable bonds is 8. The number of pyridine rings is 1. The van der Waals surface area contributed by atoms with Gasteiger partial charge in [0.25, 0.3) is 10.0 Å². The zero-order valence-corrected chi connectivity index (χ0v) is 16.0. The molecule has 0 amide bonds. The molecule has 25 heavy (non-hydrogen) atoms. The van der Waals surface area contributed by atoms with Crippen LogP contribution in [0.1, 0.15) is 17.5 Å². The highest BCUT2D eigenvalue weighted by Crippen LogP contribution is 2.20. The van der Waals surface area contributed by atoms with Crippen LogP contribution in [-0.2, 0) is 10.0 Å². The van der Waals surface area contributed by atoms with Crippen molar-refractivity contribution in [2.45, 2.75) is 25.2 Å². The summed E-state index contributed by atoms with van der Waals surface area (Å²) in [7, 11) is 0.453. The van der Waals surface area contributed by atoms with Crippen LogP contribution >= 0.6 is 0 Å². The third kappa shape index (κ3) is 5.72. The summed E-state index contributed by atoms with van der Waals surface area (Å²) in [4.78, 5) is 6.66. The molecule has 2 aromatic rings. The van der Waals surface area contributed by atoms with E-state index in [1.165, 1.54) is 6.20 Å². The van der Waals surface area contributed by atoms with Gasteiger partial charge in [0.2, 0.25) is 0 Å². The largest absolute Gasteiger partial charge is 0.370 e. The summed E-state index contributed by atoms with van der Waals surface area (Å²) in [5.41, 5.74) is 2.20. The molecule has 0 atom stereocenters. The Balaban J connectivity index is 2.00. The van der Waals surface area contributed by atoms with Gasteiger partial charge in [-0.15, -0.1) is 0 Å². The van der Waals surface area contributed by atoms with Crippen LogP contribution < -0.4 is 10.0 Å². The highest BCUT2D eigenvalue weighted by molar-refractivity contribution is 7.92. The number of sulfonamides is 1. The molecule has 0 unspecified atom stereocenters. The summed E-state index contributed by atoms with van der Waals surface area (Å²) in [6.07, 6.45) is 2.53. The van der Waals surface area contributed by atoms with E-state index in [1.807, 2.05) is 27.1 Å². The van der Waals surface area contributed by atoms with Crippen molar-refractivity contribution in [2.75, 3.05) is 37.2 Å². The summed E-state index contributed by atoms with van der Waals surface area (Å²) in [6.45, 7) is 5.55. The lowest BCUT2D eigenvalue weighted by molar-refractivity contribution is 0.405. The molecule has 1 aromatic carbocycles. The van der Waals surface area contributed by atoms with Gasteiger partial charge in [0.15, 0.2) is 0 Å². The molecule has 0 radical (unpaired) electrons. The number of aryl methyl sites for hydroxylation is 2. The van der Waals surface area contributed by atoms with Gasteiger partial charge in [-0.3, -0.25) is 4.72 Å². The molecule has 1 heterocycles. The van der Waals surface area contributed by atoms with Crippen LogP contribution in [0.4, 0.5) is 11.5 Å². The standard InChI is InChI=1S/C18H26N4O2S/c1-14-6-8-17(15(2)12-14)25(23,24)21-16-7-9-18(20-13-16)19-10-5-11-22(3)4/h6-9,12-13,21H,5,10-11H2,1-4H3,(H,19,20). The maximum Gasteiger partial charge on any atom is 0.262 e. The summed E-state index contributed by atoms with van der Waals surface area (Å²) in [6, 6.07) is 8.76. The fourth-order valence-corrected chi connectivity index (χ4v) is 3.75. The Hall–Kier alpha value is -2.12. The van der Waals surface area contributed by atoms with Gasteiger partial charge in [0.1, 0.15) is 5.82 Å². The Morgan fingerprint density at radius 3 is 2.48 bits per heavy atom. The molecule has 0 saturated heterocycles. The molecule has 7 heteroatoms. The maximum absolute atomic E-state index is 12.5. The molecule has 0 aliphatic carbocycles. The molecule has 2 N–H and O–H groups in total. The summed E-state index contributed by atoms with van der Waals surface area (Å²) >= 11 is 0. The average Bonchev–Trinajstić information content (AvgIpc) is 2.52. The van der Waals surface area contributed by atoms with Crippen LogP contribution in [0.2, 0.25) is 0 Å². The third-order valence-corrected chi connectivity index (χ3v) is 5.27. The fraction of sp³-hybridized carbons (Fsp3) is 0.389. The van der Waals surface area contributed by atoms with Gasteiger partial charge in [-0.05, 0) is 64.7 Å². The molecular formula is C18H26N4O2S. The second-order valence-corrected chi connectivity index (χ2v) is 8.04. The van der Waals surface area contributed by atoms with Gasteiger partial charge < -0.3 is 10.2 Å². The molecule has 0 aliphatic rings. The molecule has 136 valence electrons. The van der Waals surface area contributed by atoms with E-state index in [-0.39, 0.29) is 4.90 Å². The summed E-state index contributed by atoms with van der Waals surface area (Å²) < 4.78 is 27.6. The minimum absolute atomic E-state index is 0.281. The van der Waals surface area contributed by atoms with Crippen LogP contribution in [0, 0.1) is 13.8 Å². The van der Waals surface area contributed by atoms with Crippen LogP contribution in [0.5, 0.6) is 0 Å². The van der Waals surface area contributed by atoms with Crippen LogP contribution in [0.15, 0.2) is 41.4 Å². The van der Waals surface area contributed by atoms with Crippen molar-refractivity contribution in [3.8, 4) is 0 Å². The average molecular weight is 362 g/mol. The quantitative estimate of drug-likeness (QED) is 0.707. The molecule has 1 aromatic heterocycles. The number of nitrogens with zero attached hydrogens (tertiary/aromatic N) is 2. The lowest BCUT2D eigenvalue weighted by Crippen LogP contribution is -2.17. The van der Waals surface area contributed by atoms with Crippen molar-refractivity contribution in [3.63, 3.8) is 0 Å². The van der Waals surface area contributed by atoms with Gasteiger partial charge in [0.05, 0.1) is 16.8 Å². The summed E-state index contributed by atoms with van der Waals surface area (Å²) in [5, 5.41) is 3.22. The van der Waals surface area contributed by atoms with E-state index in [4.69, 9.17) is 0 Å². The zero-order valence-electron chi connectivity index (χ0n) is 15.2. The molecule has 0 saturated carbocycles. The minimum atomic E-state index is -3.62. The highest BCUT2D eigenvalue weighted by atomic mass is 32.2. The normalized spacial score (nSPS) is 11.6. The predicted octanol–water partition coefficient (Wildman–Crippen LogP) is 2.86. The first kappa shape index (κ1) is 19.2. The van der Waals surface area contributed by atoms with E-state index in [0.717, 1.165) is 36.5 Å². The van der Waals surface area contributed by atoms with Crippen LogP contribution in [-0.4, -0.2) is 45.5 Å². The topological polar surface area (TPSA) is 74.3 Å². The first-order valence-corrected chi connectivity index (χ1v) is 9.71. The van der Waals surface area contributed by atoms with E-state index in [9.17, 15) is 8.42 Å². The number of anilines is 2. The fourth-order valence-electron chi connectivity index (χ4n) is 2.48. The Kier molecular flexibility index (Phi) is 6.39. The van der Waals surface area contributed by atoms with Gasteiger partial charge in [-0.25, -0.2) is 13.4 Å². The van der Waals surface area contributed by atoms with Gasteiger partial charge in [0, 0.05) is 6.54 Å². The zero-order chi connectivity index (χ0) is 18.4. The molecule has 0 aliphatic heterocycles. The van der Waals surface area contributed by atoms with Gasteiger partial charge in [-0.2, -0.15) is 0 Å². The predicted molar refractivity (Wildman–Crippen MR) is 103 cm³/mol. The van der Waals surface area contributed by atoms with E-state index in [1.54, 1.807) is 31.2 Å². The number of hydrogen-bond acceptors (Lipinski definition) is 5. The van der Waals surface area contributed by atoms with E-state index in [2.05, 4.69) is 19.9 Å². The van der Waals surface area contributed by atoms with Gasteiger partial charge >= 0.3 is 0 Å². The molecular weight excluding hydrogens is 336 g/mol. The maximum atomic E-state index is 12.5. The Labute approximate surface area is 150 Å². The number of hydrogen-bond donors (Lipinski definition) is 2. The monoisotopic (exact) mass is 362 g/mol. The molecule has 2 rings (SSSR count). The summed E-state index contributed by atoms with van der Waals surface area (Å²) in [5.74, 6) is 0.730. The second kappa shape index (κ2) is 8.31. The Bertz CT molecular complexity index is 802. The number of benzene rings is 1. The minimum Gasteiger partial charge on any atom is -0.370 e. The van der Waals surface area contributed by atoms with Gasteiger partial charge in [-0.1, -0.05) is 17.7 Å². The molecule has 0 bridgehead atoms. The van der Waals surface area contributed by atoms with Crippen molar-refractivity contribution in [1.82, 2.24) is 9.88 Å². The first-order valence-electron chi connectivity index (χ1n) is 8.22. The number of aromatic nitrogens is 1. The van der Waals surface area contributed by atoms with Crippen LogP contribution in [0.3, 0.4) is 0 Å².